The lowest BCUT2D eigenvalue weighted by atomic mass is 10.1. The minimum Gasteiger partial charge on any atom is -0.406 e. The van der Waals surface area contributed by atoms with Crippen LogP contribution in [0.15, 0.2) is 30.3 Å². The van der Waals surface area contributed by atoms with E-state index in [2.05, 4.69) is 30.2 Å². The minimum atomic E-state index is -4.76. The summed E-state index contributed by atoms with van der Waals surface area (Å²) in [6.45, 7) is 4.57. The topological polar surface area (TPSA) is 79.4 Å². The third-order valence-corrected chi connectivity index (χ3v) is 4.57. The van der Waals surface area contributed by atoms with Crippen molar-refractivity contribution in [2.24, 2.45) is 0 Å². The molecule has 7 nitrogen and oxygen atoms in total. The quantitative estimate of drug-likeness (QED) is 0.664. The normalized spacial score (nSPS) is 14.3. The molecule has 1 amide bonds. The van der Waals surface area contributed by atoms with E-state index in [4.69, 9.17) is 0 Å². The summed E-state index contributed by atoms with van der Waals surface area (Å²) in [5, 5.41) is 5.88. The number of rotatable bonds is 7. The molecule has 1 aromatic carbocycles. The predicted octanol–water partition coefficient (Wildman–Crippen LogP) is 3.52. The van der Waals surface area contributed by atoms with Crippen LogP contribution < -0.4 is 20.3 Å². The van der Waals surface area contributed by atoms with Gasteiger partial charge in [-0.05, 0) is 50.5 Å². The summed E-state index contributed by atoms with van der Waals surface area (Å²) in [5.41, 5.74) is 0.245. The van der Waals surface area contributed by atoms with Crippen molar-refractivity contribution in [1.29, 1.82) is 0 Å². The molecule has 0 unspecified atom stereocenters. The van der Waals surface area contributed by atoms with E-state index in [1.54, 1.807) is 0 Å². The first kappa shape index (κ1) is 21.7. The fraction of sp³-hybridized carbons (Fsp3) is 0.450. The zero-order valence-electron chi connectivity index (χ0n) is 16.6. The Labute approximate surface area is 172 Å². The first-order chi connectivity index (χ1) is 14.3. The summed E-state index contributed by atoms with van der Waals surface area (Å²) in [4.78, 5) is 23.3. The lowest BCUT2D eigenvalue weighted by molar-refractivity contribution is -0.274. The van der Waals surface area contributed by atoms with Crippen LogP contribution in [0.25, 0.3) is 0 Å². The van der Waals surface area contributed by atoms with E-state index in [9.17, 15) is 18.0 Å². The molecular weight excluding hydrogens is 399 g/mol. The van der Waals surface area contributed by atoms with Gasteiger partial charge in [-0.15, -0.1) is 13.2 Å². The molecule has 2 heterocycles. The second-order valence-corrected chi connectivity index (χ2v) is 6.96. The van der Waals surface area contributed by atoms with Crippen LogP contribution in [-0.4, -0.2) is 48.4 Å². The van der Waals surface area contributed by atoms with Gasteiger partial charge >= 0.3 is 6.36 Å². The largest absolute Gasteiger partial charge is 0.573 e. The summed E-state index contributed by atoms with van der Waals surface area (Å²) < 4.78 is 40.3. The SMILES string of the molecule is Cc1nc(NCCNC(=O)c2ccc(OC(F)(F)F)cc2)cc(N2CCCCC2)n1. The van der Waals surface area contributed by atoms with Crippen LogP contribution in [0, 0.1) is 6.92 Å². The van der Waals surface area contributed by atoms with Crippen LogP contribution in [0.3, 0.4) is 0 Å². The summed E-state index contributed by atoms with van der Waals surface area (Å²) in [6, 6.07) is 6.67. The monoisotopic (exact) mass is 423 g/mol. The Balaban J connectivity index is 1.47. The highest BCUT2D eigenvalue weighted by Crippen LogP contribution is 2.23. The number of amides is 1. The second kappa shape index (κ2) is 9.64. The summed E-state index contributed by atoms with van der Waals surface area (Å²) in [5.74, 6) is 1.50. The van der Waals surface area contributed by atoms with Crippen molar-refractivity contribution in [1.82, 2.24) is 15.3 Å². The standard InChI is InChI=1S/C20H24F3N5O2/c1-14-26-17(13-18(27-14)28-11-3-2-4-12-28)24-9-10-25-19(29)15-5-7-16(8-6-15)30-20(21,22)23/h5-8,13H,2-4,9-12H2,1H3,(H,25,29)(H,24,26,27). The number of hydrogen-bond acceptors (Lipinski definition) is 6. The molecule has 10 heteroatoms. The number of ether oxygens (including phenoxy) is 1. The van der Waals surface area contributed by atoms with Gasteiger partial charge in [-0.25, -0.2) is 9.97 Å². The van der Waals surface area contributed by atoms with Crippen molar-refractivity contribution in [2.75, 3.05) is 36.4 Å². The van der Waals surface area contributed by atoms with Crippen molar-refractivity contribution >= 4 is 17.5 Å². The van der Waals surface area contributed by atoms with Gasteiger partial charge in [-0.2, -0.15) is 0 Å². The van der Waals surface area contributed by atoms with E-state index in [0.717, 1.165) is 43.9 Å². The molecule has 1 aliphatic rings. The minimum absolute atomic E-state index is 0.245. The Morgan fingerprint density at radius 3 is 2.47 bits per heavy atom. The lowest BCUT2D eigenvalue weighted by Gasteiger charge is -2.28. The molecule has 1 aromatic heterocycles. The number of piperidine rings is 1. The first-order valence-electron chi connectivity index (χ1n) is 9.79. The van der Waals surface area contributed by atoms with Crippen molar-refractivity contribution < 1.29 is 22.7 Å². The van der Waals surface area contributed by atoms with Crippen LogP contribution in [0.2, 0.25) is 0 Å². The number of aromatic nitrogens is 2. The van der Waals surface area contributed by atoms with Crippen molar-refractivity contribution in [3.05, 3.63) is 41.7 Å². The van der Waals surface area contributed by atoms with Crippen molar-refractivity contribution in [2.45, 2.75) is 32.5 Å². The first-order valence-corrected chi connectivity index (χ1v) is 9.79. The summed E-state index contributed by atoms with van der Waals surface area (Å²) >= 11 is 0. The summed E-state index contributed by atoms with van der Waals surface area (Å²) in [6.07, 6.45) is -1.21. The highest BCUT2D eigenvalue weighted by molar-refractivity contribution is 5.94. The summed E-state index contributed by atoms with van der Waals surface area (Å²) in [7, 11) is 0. The number of alkyl halides is 3. The van der Waals surface area contributed by atoms with Gasteiger partial charge in [0.25, 0.3) is 5.91 Å². The van der Waals surface area contributed by atoms with Gasteiger partial charge in [-0.3, -0.25) is 4.79 Å². The van der Waals surface area contributed by atoms with E-state index in [0.29, 0.717) is 24.7 Å². The molecular formula is C20H24F3N5O2. The van der Waals surface area contributed by atoms with E-state index in [1.165, 1.54) is 18.6 Å². The Hall–Kier alpha value is -3.04. The van der Waals surface area contributed by atoms with E-state index in [1.807, 2.05) is 13.0 Å². The van der Waals surface area contributed by atoms with E-state index < -0.39 is 6.36 Å². The highest BCUT2D eigenvalue weighted by Gasteiger charge is 2.31. The smallest absolute Gasteiger partial charge is 0.406 e. The van der Waals surface area contributed by atoms with Gasteiger partial charge in [0.2, 0.25) is 0 Å². The Morgan fingerprint density at radius 2 is 1.80 bits per heavy atom. The molecule has 30 heavy (non-hydrogen) atoms. The van der Waals surface area contributed by atoms with Crippen LogP contribution >= 0.6 is 0 Å². The number of benzene rings is 1. The number of hydrogen-bond donors (Lipinski definition) is 2. The molecule has 3 rings (SSSR count). The Kier molecular flexibility index (Phi) is 6.96. The fourth-order valence-corrected chi connectivity index (χ4v) is 3.20. The Morgan fingerprint density at radius 1 is 1.10 bits per heavy atom. The lowest BCUT2D eigenvalue weighted by Crippen LogP contribution is -2.31. The average molecular weight is 423 g/mol. The molecule has 1 saturated heterocycles. The molecule has 0 saturated carbocycles. The average Bonchev–Trinajstić information content (AvgIpc) is 2.71. The van der Waals surface area contributed by atoms with Gasteiger partial charge in [-0.1, -0.05) is 0 Å². The van der Waals surface area contributed by atoms with Crippen LogP contribution in [-0.2, 0) is 0 Å². The molecule has 0 spiro atoms. The van der Waals surface area contributed by atoms with Crippen LogP contribution in [0.1, 0.15) is 35.4 Å². The highest BCUT2D eigenvalue weighted by atomic mass is 19.4. The predicted molar refractivity (Wildman–Crippen MR) is 107 cm³/mol. The number of anilines is 2. The third kappa shape index (κ3) is 6.50. The molecule has 0 bridgehead atoms. The molecule has 0 radical (unpaired) electrons. The maximum absolute atomic E-state index is 12.2. The molecule has 2 aromatic rings. The second-order valence-electron chi connectivity index (χ2n) is 6.96. The number of carbonyl (C=O) groups excluding carboxylic acids is 1. The van der Waals surface area contributed by atoms with Crippen LogP contribution in [0.5, 0.6) is 5.75 Å². The number of nitrogens with one attached hydrogen (secondary N) is 2. The number of halogens is 3. The van der Waals surface area contributed by atoms with Crippen molar-refractivity contribution in [3.63, 3.8) is 0 Å². The fourth-order valence-electron chi connectivity index (χ4n) is 3.20. The van der Waals surface area contributed by atoms with Gasteiger partial charge in [0.05, 0.1) is 0 Å². The molecule has 0 aliphatic carbocycles. The van der Waals surface area contributed by atoms with E-state index in [-0.39, 0.29) is 17.2 Å². The molecule has 162 valence electrons. The van der Waals surface area contributed by atoms with Crippen LogP contribution in [0.4, 0.5) is 24.8 Å². The van der Waals surface area contributed by atoms with E-state index >= 15 is 0 Å². The molecule has 0 atom stereocenters. The molecule has 2 N–H and O–H groups in total. The Bertz CT molecular complexity index is 853. The maximum atomic E-state index is 12.2. The number of carbonyl (C=O) groups is 1. The van der Waals surface area contributed by atoms with Gasteiger partial charge in [0.15, 0.2) is 0 Å². The molecule has 1 fully saturated rings. The van der Waals surface area contributed by atoms with Crippen molar-refractivity contribution in [3.8, 4) is 5.75 Å². The van der Waals surface area contributed by atoms with Gasteiger partial charge in [0, 0.05) is 37.8 Å². The zero-order chi connectivity index (χ0) is 21.6. The van der Waals surface area contributed by atoms with Gasteiger partial charge < -0.3 is 20.3 Å². The zero-order valence-corrected chi connectivity index (χ0v) is 16.6. The molecule has 1 aliphatic heterocycles. The third-order valence-electron chi connectivity index (χ3n) is 4.57. The number of nitrogens with zero attached hydrogens (tertiary/aromatic N) is 3. The number of aryl methyl sites for hydroxylation is 1. The van der Waals surface area contributed by atoms with Gasteiger partial charge in [0.1, 0.15) is 23.2 Å². The maximum Gasteiger partial charge on any atom is 0.573 e.